The number of rotatable bonds is 8. The maximum Gasteiger partial charge on any atom is 0.270 e. The zero-order valence-electron chi connectivity index (χ0n) is 18.9. The standard InChI is InChI=1S/C22H28N4O6S/c1-16(2)14-22(27)25-12-10-24(11-13-25)19-9-8-17(26(28)29)15-21(19)33(30,31)23-18-6-4-5-7-20(18)32-3/h4-9,15-16,23H,10-14H2,1-3H3. The van der Waals surface area contributed by atoms with Crippen LogP contribution in [0.2, 0.25) is 0 Å². The van der Waals surface area contributed by atoms with Gasteiger partial charge in [0.2, 0.25) is 5.91 Å². The Balaban J connectivity index is 1.91. The van der Waals surface area contributed by atoms with Gasteiger partial charge >= 0.3 is 0 Å². The van der Waals surface area contributed by atoms with E-state index in [0.717, 1.165) is 6.07 Å². The molecule has 2 aromatic rings. The van der Waals surface area contributed by atoms with E-state index in [9.17, 15) is 23.3 Å². The minimum absolute atomic E-state index is 0.0685. The van der Waals surface area contributed by atoms with Gasteiger partial charge < -0.3 is 14.5 Å². The largest absolute Gasteiger partial charge is 0.495 e. The number of hydrogen-bond acceptors (Lipinski definition) is 7. The molecule has 0 bridgehead atoms. The Kier molecular flexibility index (Phi) is 7.42. The molecule has 0 atom stereocenters. The summed E-state index contributed by atoms with van der Waals surface area (Å²) < 4.78 is 34.3. The molecule has 0 saturated carbocycles. The number of piperazine rings is 1. The van der Waals surface area contributed by atoms with Gasteiger partial charge in [-0.25, -0.2) is 8.42 Å². The summed E-state index contributed by atoms with van der Waals surface area (Å²) >= 11 is 0. The Morgan fingerprint density at radius 1 is 1.15 bits per heavy atom. The summed E-state index contributed by atoms with van der Waals surface area (Å²) in [5, 5.41) is 11.3. The van der Waals surface area contributed by atoms with Crippen molar-refractivity contribution in [1.82, 2.24) is 4.90 Å². The van der Waals surface area contributed by atoms with Crippen LogP contribution in [0.4, 0.5) is 17.1 Å². The number of carbonyl (C=O) groups excluding carboxylic acids is 1. The van der Waals surface area contributed by atoms with Crippen LogP contribution in [0.3, 0.4) is 0 Å². The van der Waals surface area contributed by atoms with E-state index < -0.39 is 14.9 Å². The molecule has 1 fully saturated rings. The van der Waals surface area contributed by atoms with Crippen molar-refractivity contribution < 1.29 is 22.9 Å². The molecule has 1 amide bonds. The van der Waals surface area contributed by atoms with Crippen molar-refractivity contribution in [2.24, 2.45) is 5.92 Å². The molecule has 0 radical (unpaired) electrons. The monoisotopic (exact) mass is 476 g/mol. The highest BCUT2D eigenvalue weighted by molar-refractivity contribution is 7.93. The van der Waals surface area contributed by atoms with Gasteiger partial charge in [-0.05, 0) is 24.1 Å². The third kappa shape index (κ3) is 5.72. The summed E-state index contributed by atoms with van der Waals surface area (Å²) in [7, 11) is -2.76. The molecule has 10 nitrogen and oxygen atoms in total. The molecule has 33 heavy (non-hydrogen) atoms. The Hall–Kier alpha value is -3.34. The van der Waals surface area contributed by atoms with Gasteiger partial charge in [0, 0.05) is 44.7 Å². The van der Waals surface area contributed by atoms with Crippen molar-refractivity contribution in [3.05, 3.63) is 52.6 Å². The SMILES string of the molecule is COc1ccccc1NS(=O)(=O)c1cc([N+](=O)[O-])ccc1N1CCN(C(=O)CC(C)C)CC1. The number of hydrogen-bond donors (Lipinski definition) is 1. The van der Waals surface area contributed by atoms with Gasteiger partial charge in [-0.3, -0.25) is 19.6 Å². The van der Waals surface area contributed by atoms with Crippen molar-refractivity contribution in [2.45, 2.75) is 25.2 Å². The number of nitro groups is 1. The minimum atomic E-state index is -4.18. The second-order valence-electron chi connectivity index (χ2n) is 8.18. The van der Waals surface area contributed by atoms with E-state index in [4.69, 9.17) is 4.74 Å². The number of methoxy groups -OCH3 is 1. The lowest BCUT2D eigenvalue weighted by Crippen LogP contribution is -2.49. The average Bonchev–Trinajstić information content (AvgIpc) is 2.78. The van der Waals surface area contributed by atoms with Gasteiger partial charge in [0.05, 0.1) is 23.4 Å². The summed E-state index contributed by atoms with van der Waals surface area (Å²) in [6, 6.07) is 10.3. The van der Waals surface area contributed by atoms with Crippen LogP contribution in [0.25, 0.3) is 0 Å². The zero-order chi connectivity index (χ0) is 24.2. The summed E-state index contributed by atoms with van der Waals surface area (Å²) in [4.78, 5) is 26.5. The number of benzene rings is 2. The summed E-state index contributed by atoms with van der Waals surface area (Å²) in [6.45, 7) is 5.69. The number of nitrogens with one attached hydrogen (secondary N) is 1. The highest BCUT2D eigenvalue weighted by Crippen LogP contribution is 2.33. The molecule has 1 N–H and O–H groups in total. The minimum Gasteiger partial charge on any atom is -0.495 e. The number of nitro benzene ring substituents is 1. The van der Waals surface area contributed by atoms with Crippen LogP contribution in [0.1, 0.15) is 20.3 Å². The average molecular weight is 477 g/mol. The normalized spacial score (nSPS) is 14.3. The molecule has 1 aliphatic heterocycles. The fraction of sp³-hybridized carbons (Fsp3) is 0.409. The van der Waals surface area contributed by atoms with Crippen molar-refractivity contribution in [2.75, 3.05) is 42.9 Å². The van der Waals surface area contributed by atoms with Crippen LogP contribution < -0.4 is 14.4 Å². The van der Waals surface area contributed by atoms with E-state index in [2.05, 4.69) is 4.72 Å². The molecule has 0 aliphatic carbocycles. The number of sulfonamides is 1. The van der Waals surface area contributed by atoms with Crippen LogP contribution in [-0.2, 0) is 14.8 Å². The number of non-ortho nitro benzene ring substituents is 1. The quantitative estimate of drug-likeness (QED) is 0.459. The fourth-order valence-electron chi connectivity index (χ4n) is 3.70. The Bertz CT molecular complexity index is 1130. The first-order valence-electron chi connectivity index (χ1n) is 10.6. The van der Waals surface area contributed by atoms with Crippen LogP contribution in [-0.4, -0.2) is 57.4 Å². The lowest BCUT2D eigenvalue weighted by Gasteiger charge is -2.37. The topological polar surface area (TPSA) is 122 Å². The van der Waals surface area contributed by atoms with Crippen LogP contribution in [0.15, 0.2) is 47.4 Å². The Morgan fingerprint density at radius 3 is 2.42 bits per heavy atom. The molecule has 0 spiro atoms. The maximum absolute atomic E-state index is 13.3. The molecule has 2 aromatic carbocycles. The molecule has 1 aliphatic rings. The number of ether oxygens (including phenoxy) is 1. The Labute approximate surface area is 193 Å². The van der Waals surface area contributed by atoms with Crippen molar-refractivity contribution in [3.63, 3.8) is 0 Å². The second kappa shape index (κ2) is 10.1. The van der Waals surface area contributed by atoms with Gasteiger partial charge in [0.15, 0.2) is 0 Å². The highest BCUT2D eigenvalue weighted by Gasteiger charge is 2.29. The first-order valence-corrected chi connectivity index (χ1v) is 12.1. The predicted molar refractivity (Wildman–Crippen MR) is 125 cm³/mol. The van der Waals surface area contributed by atoms with Gasteiger partial charge in [0.25, 0.3) is 15.7 Å². The lowest BCUT2D eigenvalue weighted by atomic mass is 10.1. The van der Waals surface area contributed by atoms with Crippen LogP contribution in [0.5, 0.6) is 5.75 Å². The number of para-hydroxylation sites is 2. The van der Waals surface area contributed by atoms with E-state index in [1.54, 1.807) is 29.2 Å². The predicted octanol–water partition coefficient (Wildman–Crippen LogP) is 3.10. The van der Waals surface area contributed by atoms with Crippen LogP contribution >= 0.6 is 0 Å². The molecule has 1 heterocycles. The number of carbonyl (C=O) groups is 1. The van der Waals surface area contributed by atoms with E-state index in [0.29, 0.717) is 44.0 Å². The van der Waals surface area contributed by atoms with Gasteiger partial charge in [-0.15, -0.1) is 0 Å². The third-order valence-electron chi connectivity index (χ3n) is 5.35. The van der Waals surface area contributed by atoms with Gasteiger partial charge in [0.1, 0.15) is 10.6 Å². The molecule has 0 aromatic heterocycles. The number of nitrogens with zero attached hydrogens (tertiary/aromatic N) is 3. The fourth-order valence-corrected chi connectivity index (χ4v) is 5.01. The van der Waals surface area contributed by atoms with Crippen molar-refractivity contribution in [3.8, 4) is 5.75 Å². The molecular weight excluding hydrogens is 448 g/mol. The lowest BCUT2D eigenvalue weighted by molar-refractivity contribution is -0.385. The summed E-state index contributed by atoms with van der Waals surface area (Å²) in [6.07, 6.45) is 0.458. The first kappa shape index (κ1) is 24.3. The molecule has 3 rings (SSSR count). The van der Waals surface area contributed by atoms with Crippen molar-refractivity contribution >= 4 is 33.0 Å². The van der Waals surface area contributed by atoms with E-state index in [1.807, 2.05) is 18.7 Å². The molecule has 178 valence electrons. The highest BCUT2D eigenvalue weighted by atomic mass is 32.2. The first-order chi connectivity index (χ1) is 15.6. The molecular formula is C22H28N4O6S. The number of anilines is 2. The smallest absolute Gasteiger partial charge is 0.270 e. The van der Waals surface area contributed by atoms with Gasteiger partial charge in [-0.1, -0.05) is 26.0 Å². The zero-order valence-corrected chi connectivity index (χ0v) is 19.7. The summed E-state index contributed by atoms with van der Waals surface area (Å²) in [5.74, 6) is 0.646. The van der Waals surface area contributed by atoms with Gasteiger partial charge in [-0.2, -0.15) is 0 Å². The van der Waals surface area contributed by atoms with E-state index in [-0.39, 0.29) is 28.1 Å². The van der Waals surface area contributed by atoms with Crippen LogP contribution in [0, 0.1) is 16.0 Å². The van der Waals surface area contributed by atoms with E-state index in [1.165, 1.54) is 19.2 Å². The van der Waals surface area contributed by atoms with E-state index >= 15 is 0 Å². The second-order valence-corrected chi connectivity index (χ2v) is 9.83. The Morgan fingerprint density at radius 2 is 1.82 bits per heavy atom. The number of amides is 1. The summed E-state index contributed by atoms with van der Waals surface area (Å²) in [5.41, 5.74) is 0.241. The third-order valence-corrected chi connectivity index (χ3v) is 6.75. The maximum atomic E-state index is 13.3. The van der Waals surface area contributed by atoms with Crippen molar-refractivity contribution in [1.29, 1.82) is 0 Å². The molecule has 11 heteroatoms. The molecule has 0 unspecified atom stereocenters. The molecule has 1 saturated heterocycles.